The molecule has 6 nitrogen and oxygen atoms in total. The largest absolute Gasteiger partial charge is 0.493 e. The second-order valence-electron chi connectivity index (χ2n) is 6.36. The summed E-state index contributed by atoms with van der Waals surface area (Å²) in [5.74, 6) is 1.11. The van der Waals surface area contributed by atoms with E-state index < -0.39 is 0 Å². The van der Waals surface area contributed by atoms with Gasteiger partial charge in [0.15, 0.2) is 11.5 Å². The van der Waals surface area contributed by atoms with E-state index in [0.717, 1.165) is 11.1 Å². The maximum Gasteiger partial charge on any atom is 0.226 e. The predicted octanol–water partition coefficient (Wildman–Crippen LogP) is 2.35. The molecule has 1 amide bonds. The van der Waals surface area contributed by atoms with Crippen molar-refractivity contribution in [3.63, 3.8) is 0 Å². The lowest BCUT2D eigenvalue weighted by Gasteiger charge is -2.22. The second kappa shape index (κ2) is 8.21. The van der Waals surface area contributed by atoms with E-state index >= 15 is 0 Å². The number of benzene rings is 2. The minimum absolute atomic E-state index is 0.0126. The normalized spacial score (nSPS) is 20.4. The molecular weight excluding hydrogens is 330 g/mol. The fraction of sp³-hybridized carbons (Fsp3) is 0.350. The van der Waals surface area contributed by atoms with E-state index in [9.17, 15) is 4.79 Å². The molecule has 6 heteroatoms. The fourth-order valence-electron chi connectivity index (χ4n) is 3.25. The van der Waals surface area contributed by atoms with Crippen LogP contribution < -0.4 is 25.6 Å². The fourth-order valence-corrected chi connectivity index (χ4v) is 3.25. The van der Waals surface area contributed by atoms with Gasteiger partial charge in [-0.3, -0.25) is 10.2 Å². The van der Waals surface area contributed by atoms with E-state index in [4.69, 9.17) is 9.47 Å². The van der Waals surface area contributed by atoms with Gasteiger partial charge in [-0.2, -0.15) is 0 Å². The highest BCUT2D eigenvalue weighted by atomic mass is 16.5. The van der Waals surface area contributed by atoms with Crippen molar-refractivity contribution in [1.82, 2.24) is 16.2 Å². The van der Waals surface area contributed by atoms with Crippen molar-refractivity contribution in [3.05, 3.63) is 59.7 Å². The van der Waals surface area contributed by atoms with Crippen LogP contribution in [-0.4, -0.2) is 26.7 Å². The van der Waals surface area contributed by atoms with E-state index in [2.05, 4.69) is 16.2 Å². The number of nitrogens with one attached hydrogen (secondary N) is 3. The van der Waals surface area contributed by atoms with Crippen LogP contribution >= 0.6 is 0 Å². The molecule has 138 valence electrons. The first kappa shape index (κ1) is 18.2. The first-order chi connectivity index (χ1) is 12.6. The van der Waals surface area contributed by atoms with Gasteiger partial charge in [-0.1, -0.05) is 36.4 Å². The number of carbonyl (C=O) groups excluding carboxylic acids is 1. The van der Waals surface area contributed by atoms with Crippen LogP contribution in [0.3, 0.4) is 0 Å². The van der Waals surface area contributed by atoms with Crippen molar-refractivity contribution in [3.8, 4) is 11.5 Å². The quantitative estimate of drug-likeness (QED) is 0.742. The molecule has 3 atom stereocenters. The smallest absolute Gasteiger partial charge is 0.226 e. The number of carbonyl (C=O) groups is 1. The van der Waals surface area contributed by atoms with E-state index in [1.54, 1.807) is 14.2 Å². The molecule has 2 aromatic carbocycles. The Morgan fingerprint density at radius 2 is 1.85 bits per heavy atom. The summed E-state index contributed by atoms with van der Waals surface area (Å²) in [7, 11) is 3.21. The SMILES string of the molecule is COc1ccc(C2NNCC2C(=O)NC(C)c2ccccc2)cc1OC. The molecule has 0 spiro atoms. The molecule has 1 heterocycles. The third-order valence-corrected chi connectivity index (χ3v) is 4.74. The topological polar surface area (TPSA) is 71.6 Å². The standard InChI is InChI=1S/C20H25N3O3/c1-13(14-7-5-4-6-8-14)22-20(24)16-12-21-23-19(16)15-9-10-17(25-2)18(11-15)26-3/h4-11,13,16,19,21,23H,12H2,1-3H3,(H,22,24). The van der Waals surface area contributed by atoms with Gasteiger partial charge in [-0.15, -0.1) is 0 Å². The minimum atomic E-state index is -0.223. The van der Waals surface area contributed by atoms with Gasteiger partial charge in [0.25, 0.3) is 0 Å². The van der Waals surface area contributed by atoms with Crippen LogP contribution in [0.2, 0.25) is 0 Å². The van der Waals surface area contributed by atoms with Gasteiger partial charge in [0.05, 0.1) is 32.2 Å². The minimum Gasteiger partial charge on any atom is -0.493 e. The van der Waals surface area contributed by atoms with Crippen molar-refractivity contribution < 1.29 is 14.3 Å². The molecule has 0 saturated carbocycles. The molecule has 0 radical (unpaired) electrons. The Bertz CT molecular complexity index is 751. The van der Waals surface area contributed by atoms with Crippen LogP contribution in [0, 0.1) is 5.92 Å². The van der Waals surface area contributed by atoms with Crippen molar-refractivity contribution in [2.24, 2.45) is 5.92 Å². The van der Waals surface area contributed by atoms with Crippen LogP contribution in [0.1, 0.15) is 30.1 Å². The van der Waals surface area contributed by atoms with E-state index in [1.165, 1.54) is 0 Å². The van der Waals surface area contributed by atoms with Gasteiger partial charge in [-0.05, 0) is 30.2 Å². The highest BCUT2D eigenvalue weighted by molar-refractivity contribution is 5.80. The van der Waals surface area contributed by atoms with Crippen molar-refractivity contribution in [1.29, 1.82) is 0 Å². The lowest BCUT2D eigenvalue weighted by molar-refractivity contribution is -0.125. The molecule has 0 aliphatic carbocycles. The zero-order valence-corrected chi connectivity index (χ0v) is 15.3. The summed E-state index contributed by atoms with van der Waals surface area (Å²) in [5, 5.41) is 3.11. The Morgan fingerprint density at radius 1 is 1.12 bits per heavy atom. The molecule has 0 bridgehead atoms. The van der Waals surface area contributed by atoms with Crippen LogP contribution in [0.25, 0.3) is 0 Å². The molecule has 1 fully saturated rings. The van der Waals surface area contributed by atoms with Gasteiger partial charge in [-0.25, -0.2) is 5.43 Å². The average molecular weight is 355 g/mol. The molecule has 3 rings (SSSR count). The van der Waals surface area contributed by atoms with Gasteiger partial charge < -0.3 is 14.8 Å². The summed E-state index contributed by atoms with van der Waals surface area (Å²) < 4.78 is 10.7. The Kier molecular flexibility index (Phi) is 5.75. The molecular formula is C20H25N3O3. The van der Waals surface area contributed by atoms with E-state index in [-0.39, 0.29) is 23.9 Å². The molecule has 3 unspecified atom stereocenters. The third kappa shape index (κ3) is 3.81. The zero-order valence-electron chi connectivity index (χ0n) is 15.3. The maximum absolute atomic E-state index is 12.8. The molecule has 1 saturated heterocycles. The van der Waals surface area contributed by atoms with Crippen LogP contribution in [0.5, 0.6) is 11.5 Å². The van der Waals surface area contributed by atoms with Crippen molar-refractivity contribution in [2.75, 3.05) is 20.8 Å². The van der Waals surface area contributed by atoms with Crippen LogP contribution in [0.4, 0.5) is 0 Å². The molecule has 0 aromatic heterocycles. The van der Waals surface area contributed by atoms with Gasteiger partial charge in [0.1, 0.15) is 0 Å². The number of hydrogen-bond donors (Lipinski definition) is 3. The van der Waals surface area contributed by atoms with Crippen LogP contribution in [0.15, 0.2) is 48.5 Å². The predicted molar refractivity (Wildman–Crippen MR) is 99.9 cm³/mol. The Hall–Kier alpha value is -2.57. The summed E-state index contributed by atoms with van der Waals surface area (Å²) >= 11 is 0. The number of ether oxygens (including phenoxy) is 2. The average Bonchev–Trinajstić information content (AvgIpc) is 3.18. The highest BCUT2D eigenvalue weighted by Crippen LogP contribution is 2.33. The Morgan fingerprint density at radius 3 is 2.54 bits per heavy atom. The number of amides is 1. The monoisotopic (exact) mass is 355 g/mol. The van der Waals surface area contributed by atoms with Crippen molar-refractivity contribution in [2.45, 2.75) is 19.0 Å². The summed E-state index contributed by atoms with van der Waals surface area (Å²) in [6, 6.07) is 15.5. The second-order valence-corrected chi connectivity index (χ2v) is 6.36. The van der Waals surface area contributed by atoms with E-state index in [0.29, 0.717) is 18.0 Å². The summed E-state index contributed by atoms with van der Waals surface area (Å²) in [6.45, 7) is 2.56. The first-order valence-electron chi connectivity index (χ1n) is 8.69. The summed E-state index contributed by atoms with van der Waals surface area (Å²) in [5.41, 5.74) is 8.35. The Balaban J connectivity index is 1.74. The Labute approximate surface area is 153 Å². The third-order valence-electron chi connectivity index (χ3n) is 4.74. The van der Waals surface area contributed by atoms with Crippen LogP contribution in [-0.2, 0) is 4.79 Å². The first-order valence-corrected chi connectivity index (χ1v) is 8.69. The molecule has 3 N–H and O–H groups in total. The summed E-state index contributed by atoms with van der Waals surface area (Å²) in [6.07, 6.45) is 0. The summed E-state index contributed by atoms with van der Waals surface area (Å²) in [4.78, 5) is 12.8. The zero-order chi connectivity index (χ0) is 18.5. The number of methoxy groups -OCH3 is 2. The highest BCUT2D eigenvalue weighted by Gasteiger charge is 2.35. The molecule has 1 aliphatic heterocycles. The maximum atomic E-state index is 12.8. The van der Waals surface area contributed by atoms with E-state index in [1.807, 2.05) is 55.5 Å². The lowest BCUT2D eigenvalue weighted by Crippen LogP contribution is -2.36. The number of hydrazine groups is 1. The van der Waals surface area contributed by atoms with Gasteiger partial charge >= 0.3 is 0 Å². The molecule has 2 aromatic rings. The van der Waals surface area contributed by atoms with Gasteiger partial charge in [0.2, 0.25) is 5.91 Å². The lowest BCUT2D eigenvalue weighted by atomic mass is 9.93. The molecule has 26 heavy (non-hydrogen) atoms. The molecule has 1 aliphatic rings. The number of rotatable bonds is 6. The number of hydrogen-bond acceptors (Lipinski definition) is 5. The van der Waals surface area contributed by atoms with Gasteiger partial charge in [0, 0.05) is 6.54 Å². The van der Waals surface area contributed by atoms with Crippen molar-refractivity contribution >= 4 is 5.91 Å².